The van der Waals surface area contributed by atoms with Crippen molar-refractivity contribution in [3.63, 3.8) is 0 Å². The van der Waals surface area contributed by atoms with Crippen molar-refractivity contribution in [3.05, 3.63) is 12.2 Å². The summed E-state index contributed by atoms with van der Waals surface area (Å²) in [5, 5.41) is 31.5. The third kappa shape index (κ3) is 43.9. The van der Waals surface area contributed by atoms with E-state index < -0.39 is 67.3 Å². The van der Waals surface area contributed by atoms with Crippen molar-refractivity contribution in [3.8, 4) is 0 Å². The van der Waals surface area contributed by atoms with Gasteiger partial charge >= 0.3 is 23.9 Å². The van der Waals surface area contributed by atoms with Crippen molar-refractivity contribution in [1.82, 2.24) is 0 Å². The molecule has 0 aliphatic carbocycles. The van der Waals surface area contributed by atoms with Crippen LogP contribution >= 0.6 is 0 Å². The van der Waals surface area contributed by atoms with Gasteiger partial charge in [0.1, 0.15) is 18.8 Å². The summed E-state index contributed by atoms with van der Waals surface area (Å²) in [6, 6.07) is 0. The van der Waals surface area contributed by atoms with Gasteiger partial charge in [-0.2, -0.15) is 0 Å². The van der Waals surface area contributed by atoms with Crippen LogP contribution in [0.25, 0.3) is 0 Å². The largest absolute Gasteiger partial charge is 0.479 e. The molecule has 12 heteroatoms. The number of unbranched alkanes of at least 4 members (excludes halogenated alkanes) is 41. The maximum absolute atomic E-state index is 13.2. The SMILES string of the molecule is CCCCCCCC/C=C\CCCCCCCCCC(=O)OCC(COC1OC(C(=O)O)C(O)C(O)C1OC(=O)CCCCCCCCCCCCCCC)OC(=O)CCCCCCCCCCCCCCCCCCC. The third-order valence-electron chi connectivity index (χ3n) is 15.3. The Balaban J connectivity index is 2.64. The van der Waals surface area contributed by atoms with E-state index in [0.717, 1.165) is 64.2 Å². The van der Waals surface area contributed by atoms with E-state index >= 15 is 0 Å². The van der Waals surface area contributed by atoms with E-state index in [-0.39, 0.29) is 25.9 Å². The van der Waals surface area contributed by atoms with Crippen molar-refractivity contribution >= 4 is 23.9 Å². The lowest BCUT2D eigenvalue weighted by Crippen LogP contribution is -2.61. The van der Waals surface area contributed by atoms with Gasteiger partial charge in [0.2, 0.25) is 0 Å². The summed E-state index contributed by atoms with van der Waals surface area (Å²) in [6.07, 6.45) is 48.8. The molecule has 3 N–H and O–H groups in total. The molecule has 0 spiro atoms. The van der Waals surface area contributed by atoms with E-state index in [2.05, 4.69) is 32.9 Å². The predicted molar refractivity (Wildman–Crippen MR) is 313 cm³/mol. The van der Waals surface area contributed by atoms with Crippen LogP contribution in [0.2, 0.25) is 0 Å². The van der Waals surface area contributed by atoms with Crippen molar-refractivity contribution in [2.75, 3.05) is 13.2 Å². The van der Waals surface area contributed by atoms with Gasteiger partial charge in [0, 0.05) is 19.3 Å². The summed E-state index contributed by atoms with van der Waals surface area (Å²) in [4.78, 5) is 51.3. The van der Waals surface area contributed by atoms with Crippen LogP contribution in [0.3, 0.4) is 0 Å². The van der Waals surface area contributed by atoms with Gasteiger partial charge in [-0.05, 0) is 44.9 Å². The topological polar surface area (TPSA) is 175 Å². The molecule has 1 aliphatic heterocycles. The molecule has 0 radical (unpaired) electrons. The molecule has 12 nitrogen and oxygen atoms in total. The fraction of sp³-hybridized carbons (Fsp3) is 0.908. The summed E-state index contributed by atoms with van der Waals surface area (Å²) < 4.78 is 28.5. The molecule has 1 aliphatic rings. The first-order valence-corrected chi connectivity index (χ1v) is 32.7. The lowest BCUT2D eigenvalue weighted by atomic mass is 9.98. The summed E-state index contributed by atoms with van der Waals surface area (Å²) in [7, 11) is 0. The molecule has 1 fully saturated rings. The molecule has 6 atom stereocenters. The van der Waals surface area contributed by atoms with Gasteiger partial charge in [0.25, 0.3) is 0 Å². The van der Waals surface area contributed by atoms with Crippen molar-refractivity contribution < 1.29 is 58.2 Å². The molecular formula is C65H120O12. The Labute approximate surface area is 471 Å². The molecule has 0 aromatic rings. The van der Waals surface area contributed by atoms with Gasteiger partial charge in [-0.15, -0.1) is 0 Å². The highest BCUT2D eigenvalue weighted by atomic mass is 16.7. The zero-order chi connectivity index (χ0) is 56.1. The van der Waals surface area contributed by atoms with Crippen LogP contribution in [0.4, 0.5) is 0 Å². The lowest BCUT2D eigenvalue weighted by Gasteiger charge is -2.40. The smallest absolute Gasteiger partial charge is 0.335 e. The highest BCUT2D eigenvalue weighted by Gasteiger charge is 2.50. The van der Waals surface area contributed by atoms with Crippen LogP contribution in [0, 0.1) is 0 Å². The molecular weight excluding hydrogens is 973 g/mol. The Morgan fingerprint density at radius 2 is 0.740 bits per heavy atom. The Morgan fingerprint density at radius 3 is 1.10 bits per heavy atom. The van der Waals surface area contributed by atoms with Gasteiger partial charge in [0.05, 0.1) is 6.61 Å². The molecule has 0 saturated carbocycles. The number of aliphatic hydroxyl groups excluding tert-OH is 2. The molecule has 1 saturated heterocycles. The fourth-order valence-corrected chi connectivity index (χ4v) is 10.3. The summed E-state index contributed by atoms with van der Waals surface area (Å²) >= 11 is 0. The Morgan fingerprint density at radius 1 is 0.416 bits per heavy atom. The first-order valence-electron chi connectivity index (χ1n) is 32.7. The molecule has 1 rings (SSSR count). The molecule has 6 unspecified atom stereocenters. The maximum Gasteiger partial charge on any atom is 0.335 e. The summed E-state index contributed by atoms with van der Waals surface area (Å²) in [5.41, 5.74) is 0. The zero-order valence-electron chi connectivity index (χ0n) is 50.0. The molecule has 1 heterocycles. The van der Waals surface area contributed by atoms with Gasteiger partial charge in [-0.3, -0.25) is 14.4 Å². The maximum atomic E-state index is 13.2. The van der Waals surface area contributed by atoms with Crippen LogP contribution < -0.4 is 0 Å². The monoisotopic (exact) mass is 1090 g/mol. The highest BCUT2D eigenvalue weighted by molar-refractivity contribution is 5.74. The van der Waals surface area contributed by atoms with E-state index in [9.17, 15) is 34.5 Å². The lowest BCUT2D eigenvalue weighted by molar-refractivity contribution is -0.301. The highest BCUT2D eigenvalue weighted by Crippen LogP contribution is 2.27. The van der Waals surface area contributed by atoms with Crippen molar-refractivity contribution in [2.24, 2.45) is 0 Å². The number of carboxylic acids is 1. The van der Waals surface area contributed by atoms with Gasteiger partial charge in [0.15, 0.2) is 24.6 Å². The Kier molecular flexibility index (Phi) is 50.9. The number of rotatable bonds is 57. The number of carbonyl (C=O) groups excluding carboxylic acids is 3. The van der Waals surface area contributed by atoms with E-state index in [1.807, 2.05) is 0 Å². The van der Waals surface area contributed by atoms with Crippen LogP contribution in [0.15, 0.2) is 12.2 Å². The summed E-state index contributed by atoms with van der Waals surface area (Å²) in [5.74, 6) is -3.08. The quantitative estimate of drug-likeness (QED) is 0.0228. The Bertz CT molecular complexity index is 1390. The minimum absolute atomic E-state index is 0.0685. The second kappa shape index (κ2) is 54.1. The Hall–Kier alpha value is -2.54. The molecule has 0 amide bonds. The minimum atomic E-state index is -1.90. The number of allylic oxidation sites excluding steroid dienone is 2. The number of aliphatic hydroxyl groups is 2. The van der Waals surface area contributed by atoms with E-state index in [4.69, 9.17) is 23.7 Å². The minimum Gasteiger partial charge on any atom is -0.479 e. The van der Waals surface area contributed by atoms with E-state index in [1.54, 1.807) is 0 Å². The molecule has 0 bridgehead atoms. The first kappa shape index (κ1) is 72.5. The number of ether oxygens (including phenoxy) is 5. The average molecular weight is 1090 g/mol. The van der Waals surface area contributed by atoms with Crippen LogP contribution in [0.1, 0.15) is 329 Å². The molecule has 0 aromatic carbocycles. The molecule has 452 valence electrons. The fourth-order valence-electron chi connectivity index (χ4n) is 10.3. The van der Waals surface area contributed by atoms with Gasteiger partial charge in [-0.25, -0.2) is 4.79 Å². The first-order chi connectivity index (χ1) is 37.6. The second-order valence-corrected chi connectivity index (χ2v) is 22.8. The molecule has 77 heavy (non-hydrogen) atoms. The zero-order valence-corrected chi connectivity index (χ0v) is 50.0. The van der Waals surface area contributed by atoms with Crippen LogP contribution in [0.5, 0.6) is 0 Å². The van der Waals surface area contributed by atoms with Crippen LogP contribution in [-0.2, 0) is 42.9 Å². The van der Waals surface area contributed by atoms with E-state index in [0.29, 0.717) is 19.3 Å². The number of carbonyl (C=O) groups is 4. The number of esters is 3. The molecule has 0 aromatic heterocycles. The van der Waals surface area contributed by atoms with Crippen molar-refractivity contribution in [1.29, 1.82) is 0 Å². The van der Waals surface area contributed by atoms with Crippen LogP contribution in [-0.4, -0.2) is 89.2 Å². The standard InChI is InChI=1S/C65H120O12/c1-4-7-10-13-16-19-22-25-27-29-31-34-36-39-42-45-48-51-57(66)73-54-56(75-58(67)52-49-46-43-40-38-35-32-30-28-26-23-20-17-14-11-8-5-2)55-74-65-63(61(70)60(69)62(77-65)64(71)72)76-59(68)53-50-47-44-41-37-33-24-21-18-15-12-9-6-3/h25,27,56,60-63,65,69-70H,4-24,26,28-55H2,1-3H3,(H,71,72)/b27-25-. The number of aliphatic carboxylic acids is 1. The predicted octanol–water partition coefficient (Wildman–Crippen LogP) is 17.2. The second-order valence-electron chi connectivity index (χ2n) is 22.8. The summed E-state index contributed by atoms with van der Waals surface area (Å²) in [6.45, 7) is 6.04. The third-order valence-corrected chi connectivity index (χ3v) is 15.3. The van der Waals surface area contributed by atoms with Gasteiger partial charge in [-0.1, -0.05) is 277 Å². The number of carboxylic acid groups (broad SMARTS) is 1. The van der Waals surface area contributed by atoms with Crippen molar-refractivity contribution in [2.45, 2.75) is 366 Å². The number of hydrogen-bond acceptors (Lipinski definition) is 11. The van der Waals surface area contributed by atoms with Gasteiger partial charge < -0.3 is 39.0 Å². The average Bonchev–Trinajstić information content (AvgIpc) is 3.42. The normalized spacial score (nSPS) is 18.0. The number of hydrogen-bond donors (Lipinski definition) is 3. The van der Waals surface area contributed by atoms with E-state index in [1.165, 1.54) is 205 Å².